The first-order valence-corrected chi connectivity index (χ1v) is 13.1. The molecule has 48 heavy (non-hydrogen) atoms. The molecular weight excluding hydrogens is 648 g/mol. The standard InChI is InChI=1S/2C12H16N6O6/c2*1-3(11(21)22)15-9(19)5-7(13)18-6(8(14)17-5)10(20)16-4(2)12(23)24/h2*3-4H,1-2H3,(H2,14,17)(H2,13,18)(H,15,19)(H,16,20)(H,21,22)(H,23,24)/t2*3-,4-/m00/s1. The number of hydrogen-bond donors (Lipinski definition) is 12. The van der Waals surface area contributed by atoms with Crippen molar-refractivity contribution in [2.45, 2.75) is 51.9 Å². The fourth-order valence-corrected chi connectivity index (χ4v) is 2.90. The van der Waals surface area contributed by atoms with E-state index in [-0.39, 0.29) is 0 Å². The molecule has 24 heteroatoms. The van der Waals surface area contributed by atoms with Crippen molar-refractivity contribution in [1.82, 2.24) is 41.2 Å². The van der Waals surface area contributed by atoms with E-state index < -0.39 is 118 Å². The number of nitrogen functional groups attached to an aromatic ring is 4. The molecule has 260 valence electrons. The first kappa shape index (κ1) is 39.1. The highest BCUT2D eigenvalue weighted by molar-refractivity contribution is 6.03. The predicted octanol–water partition coefficient (Wildman–Crippen LogP) is -3.91. The molecule has 16 N–H and O–H groups in total. The van der Waals surface area contributed by atoms with Crippen molar-refractivity contribution in [2.24, 2.45) is 0 Å². The molecule has 2 aromatic heterocycles. The van der Waals surface area contributed by atoms with Crippen LogP contribution in [0.2, 0.25) is 0 Å². The van der Waals surface area contributed by atoms with Crippen LogP contribution < -0.4 is 44.2 Å². The second kappa shape index (κ2) is 16.4. The van der Waals surface area contributed by atoms with Gasteiger partial charge in [-0.05, 0) is 27.7 Å². The van der Waals surface area contributed by atoms with Gasteiger partial charge in [0.1, 0.15) is 24.2 Å². The van der Waals surface area contributed by atoms with Crippen LogP contribution in [0.25, 0.3) is 0 Å². The monoisotopic (exact) mass is 680 g/mol. The van der Waals surface area contributed by atoms with Gasteiger partial charge in [0.25, 0.3) is 23.6 Å². The van der Waals surface area contributed by atoms with Crippen LogP contribution in [-0.4, -0.2) is 112 Å². The molecule has 0 aliphatic carbocycles. The molecule has 0 spiro atoms. The van der Waals surface area contributed by atoms with Gasteiger partial charge < -0.3 is 64.6 Å². The molecule has 0 unspecified atom stereocenters. The minimum Gasteiger partial charge on any atom is -0.480 e. The number of nitrogens with one attached hydrogen (secondary N) is 4. The Hall–Kier alpha value is -6.88. The Bertz CT molecular complexity index is 1410. The zero-order chi connectivity index (χ0) is 37.2. The van der Waals surface area contributed by atoms with Crippen molar-refractivity contribution in [1.29, 1.82) is 0 Å². The summed E-state index contributed by atoms with van der Waals surface area (Å²) in [6.45, 7) is 4.90. The molecule has 0 aliphatic heterocycles. The molecule has 0 saturated carbocycles. The lowest BCUT2D eigenvalue weighted by Gasteiger charge is -2.13. The number of hydrogen-bond acceptors (Lipinski definition) is 16. The second-order valence-electron chi connectivity index (χ2n) is 9.52. The van der Waals surface area contributed by atoms with Crippen LogP contribution in [0.3, 0.4) is 0 Å². The number of carbonyl (C=O) groups is 8. The number of amides is 4. The summed E-state index contributed by atoms with van der Waals surface area (Å²) in [6.07, 6.45) is 0. The van der Waals surface area contributed by atoms with Crippen molar-refractivity contribution >= 4 is 70.8 Å². The van der Waals surface area contributed by atoms with Crippen LogP contribution in [0.5, 0.6) is 0 Å². The molecule has 0 bridgehead atoms. The highest BCUT2D eigenvalue weighted by Gasteiger charge is 2.26. The van der Waals surface area contributed by atoms with Gasteiger partial charge in [0.2, 0.25) is 0 Å². The Labute approximate surface area is 268 Å². The number of aliphatic carboxylic acids is 4. The van der Waals surface area contributed by atoms with Crippen LogP contribution in [0, 0.1) is 0 Å². The van der Waals surface area contributed by atoms with E-state index in [1.165, 1.54) is 27.7 Å². The molecule has 0 saturated heterocycles. The van der Waals surface area contributed by atoms with Crippen LogP contribution in [-0.2, 0) is 19.2 Å². The van der Waals surface area contributed by atoms with E-state index >= 15 is 0 Å². The number of anilines is 4. The Morgan fingerprint density at radius 3 is 0.688 bits per heavy atom. The molecular formula is C24H32N12O12. The van der Waals surface area contributed by atoms with Gasteiger partial charge in [-0.25, -0.2) is 19.9 Å². The number of carboxylic acid groups (broad SMARTS) is 4. The molecule has 0 aromatic carbocycles. The van der Waals surface area contributed by atoms with Gasteiger partial charge in [0.05, 0.1) is 0 Å². The molecule has 2 heterocycles. The average molecular weight is 681 g/mol. The number of rotatable bonds is 12. The lowest BCUT2D eigenvalue weighted by Crippen LogP contribution is -2.40. The number of aromatic nitrogens is 4. The third kappa shape index (κ3) is 10.6. The number of nitrogens with zero attached hydrogens (tertiary/aromatic N) is 4. The lowest BCUT2D eigenvalue weighted by molar-refractivity contribution is -0.139. The fraction of sp³-hybridized carbons (Fsp3) is 0.333. The predicted molar refractivity (Wildman–Crippen MR) is 160 cm³/mol. The summed E-state index contributed by atoms with van der Waals surface area (Å²) in [4.78, 5) is 105. The van der Waals surface area contributed by atoms with E-state index in [9.17, 15) is 38.4 Å². The Morgan fingerprint density at radius 1 is 0.417 bits per heavy atom. The summed E-state index contributed by atoms with van der Waals surface area (Å²) in [5, 5.41) is 43.4. The summed E-state index contributed by atoms with van der Waals surface area (Å²) in [5.41, 5.74) is 20.3. The van der Waals surface area contributed by atoms with Crippen molar-refractivity contribution in [3.8, 4) is 0 Å². The highest BCUT2D eigenvalue weighted by Crippen LogP contribution is 2.15. The molecule has 2 aromatic rings. The van der Waals surface area contributed by atoms with Gasteiger partial charge in [0.15, 0.2) is 46.0 Å². The van der Waals surface area contributed by atoms with E-state index in [4.69, 9.17) is 43.4 Å². The fourth-order valence-electron chi connectivity index (χ4n) is 2.90. The maximum atomic E-state index is 11.9. The van der Waals surface area contributed by atoms with Crippen LogP contribution in [0.15, 0.2) is 0 Å². The summed E-state index contributed by atoms with van der Waals surface area (Å²) < 4.78 is 0. The molecule has 4 atom stereocenters. The SMILES string of the molecule is C[C@H](NC(=O)c1nc(N)c(C(=O)N[C@@H](C)C(=O)O)nc1N)C(=O)O.C[C@H](NC(=O)c1nc(N)c(C(=O)N[C@@H](C)C(=O)O)nc1N)C(=O)O. The van der Waals surface area contributed by atoms with Gasteiger partial charge in [-0.1, -0.05) is 0 Å². The molecule has 0 fully saturated rings. The summed E-state index contributed by atoms with van der Waals surface area (Å²) in [5.74, 6) is -10.7. The zero-order valence-corrected chi connectivity index (χ0v) is 25.5. The maximum absolute atomic E-state index is 11.9. The molecule has 0 aliphatic rings. The topological polar surface area (TPSA) is 421 Å². The summed E-state index contributed by atoms with van der Waals surface area (Å²) >= 11 is 0. The zero-order valence-electron chi connectivity index (χ0n) is 25.5. The van der Waals surface area contributed by atoms with E-state index in [0.29, 0.717) is 0 Å². The Balaban J connectivity index is 0.000000480. The van der Waals surface area contributed by atoms with Crippen LogP contribution in [0.1, 0.15) is 69.6 Å². The molecule has 24 nitrogen and oxygen atoms in total. The lowest BCUT2D eigenvalue weighted by atomic mass is 10.2. The third-order valence-electron chi connectivity index (χ3n) is 5.63. The Kier molecular flexibility index (Phi) is 13.4. The smallest absolute Gasteiger partial charge is 0.325 e. The van der Waals surface area contributed by atoms with E-state index in [2.05, 4.69) is 41.2 Å². The maximum Gasteiger partial charge on any atom is 0.325 e. The first-order chi connectivity index (χ1) is 22.1. The van der Waals surface area contributed by atoms with Crippen molar-refractivity contribution < 1.29 is 58.8 Å². The van der Waals surface area contributed by atoms with E-state index in [0.717, 1.165) is 0 Å². The van der Waals surface area contributed by atoms with Gasteiger partial charge in [0, 0.05) is 0 Å². The quantitative estimate of drug-likeness (QED) is 0.102. The second-order valence-corrected chi connectivity index (χ2v) is 9.52. The van der Waals surface area contributed by atoms with Gasteiger partial charge in [-0.3, -0.25) is 38.4 Å². The first-order valence-electron chi connectivity index (χ1n) is 13.1. The van der Waals surface area contributed by atoms with Crippen molar-refractivity contribution in [2.75, 3.05) is 22.9 Å². The number of carbonyl (C=O) groups excluding carboxylic acids is 4. The summed E-state index contributed by atoms with van der Waals surface area (Å²) in [7, 11) is 0. The van der Waals surface area contributed by atoms with Crippen molar-refractivity contribution in [3.63, 3.8) is 0 Å². The van der Waals surface area contributed by atoms with Gasteiger partial charge in [-0.15, -0.1) is 0 Å². The Morgan fingerprint density at radius 2 is 0.562 bits per heavy atom. The average Bonchev–Trinajstić information content (AvgIpc) is 2.98. The third-order valence-corrected chi connectivity index (χ3v) is 5.63. The minimum absolute atomic E-state index is 0.455. The van der Waals surface area contributed by atoms with Gasteiger partial charge >= 0.3 is 23.9 Å². The van der Waals surface area contributed by atoms with E-state index in [1.54, 1.807) is 0 Å². The molecule has 4 amide bonds. The van der Waals surface area contributed by atoms with E-state index in [1.807, 2.05) is 0 Å². The van der Waals surface area contributed by atoms with Crippen molar-refractivity contribution in [3.05, 3.63) is 22.8 Å². The molecule has 2 rings (SSSR count). The number of nitrogens with two attached hydrogens (primary N) is 4. The normalized spacial score (nSPS) is 12.8. The number of carboxylic acids is 4. The minimum atomic E-state index is -1.28. The summed E-state index contributed by atoms with van der Waals surface area (Å²) in [6, 6.07) is -4.84. The van der Waals surface area contributed by atoms with Crippen LogP contribution >= 0.6 is 0 Å². The molecule has 0 radical (unpaired) electrons. The van der Waals surface area contributed by atoms with Gasteiger partial charge in [-0.2, -0.15) is 0 Å². The highest BCUT2D eigenvalue weighted by atomic mass is 16.4. The largest absolute Gasteiger partial charge is 0.480 e. The van der Waals surface area contributed by atoms with Crippen LogP contribution in [0.4, 0.5) is 23.3 Å².